The first-order valence-corrected chi connectivity index (χ1v) is 10.2. The van der Waals surface area contributed by atoms with E-state index in [0.29, 0.717) is 27.7 Å². The van der Waals surface area contributed by atoms with Crippen LogP contribution in [0.1, 0.15) is 23.2 Å². The third kappa shape index (κ3) is 3.39. The summed E-state index contributed by atoms with van der Waals surface area (Å²) in [5, 5.41) is 5.24. The maximum atomic E-state index is 12.8. The topological polar surface area (TPSA) is 94.8 Å². The standard InChI is InChI=1S/C16H20N4O4S2/c1-5-14-19-20-15(10(2)18-16(20)25-14)26(21,22)17-9-11-6-7-12(23-3)8-13(11)24-4/h6-8,17H,5,9H2,1-4H3. The fourth-order valence-corrected chi connectivity index (χ4v) is 4.77. The van der Waals surface area contributed by atoms with E-state index >= 15 is 0 Å². The highest BCUT2D eigenvalue weighted by atomic mass is 32.2. The predicted molar refractivity (Wildman–Crippen MR) is 98.6 cm³/mol. The zero-order valence-electron chi connectivity index (χ0n) is 14.9. The molecule has 0 spiro atoms. The van der Waals surface area contributed by atoms with E-state index in [1.54, 1.807) is 32.2 Å². The summed E-state index contributed by atoms with van der Waals surface area (Å²) in [4.78, 5) is 4.89. The van der Waals surface area contributed by atoms with Crippen LogP contribution < -0.4 is 14.2 Å². The van der Waals surface area contributed by atoms with Crippen molar-refractivity contribution in [2.75, 3.05) is 14.2 Å². The molecule has 8 nitrogen and oxygen atoms in total. The molecule has 2 heterocycles. The maximum Gasteiger partial charge on any atom is 0.260 e. The van der Waals surface area contributed by atoms with Crippen LogP contribution in [0.5, 0.6) is 11.5 Å². The number of methoxy groups -OCH3 is 2. The molecule has 1 aromatic carbocycles. The summed E-state index contributed by atoms with van der Waals surface area (Å²) in [7, 11) is -0.715. The SMILES string of the molecule is CCc1nn2c(S(=O)(=O)NCc3ccc(OC)cc3OC)c(C)nc2s1. The molecule has 1 N–H and O–H groups in total. The van der Waals surface area contributed by atoms with Crippen molar-refractivity contribution in [1.29, 1.82) is 0 Å². The minimum absolute atomic E-state index is 0.0657. The Bertz CT molecular complexity index is 1040. The Balaban J connectivity index is 1.90. The zero-order valence-corrected chi connectivity index (χ0v) is 16.6. The molecule has 0 aliphatic rings. The molecular formula is C16H20N4O4S2. The van der Waals surface area contributed by atoms with Gasteiger partial charge in [-0.3, -0.25) is 0 Å². The minimum atomic E-state index is -3.80. The van der Waals surface area contributed by atoms with Crippen molar-refractivity contribution < 1.29 is 17.9 Å². The lowest BCUT2D eigenvalue weighted by molar-refractivity contribution is 0.390. The van der Waals surface area contributed by atoms with Gasteiger partial charge in [0, 0.05) is 18.2 Å². The number of aryl methyl sites for hydroxylation is 2. The van der Waals surface area contributed by atoms with Gasteiger partial charge in [0.1, 0.15) is 16.5 Å². The number of rotatable bonds is 7. The van der Waals surface area contributed by atoms with Gasteiger partial charge in [-0.25, -0.2) is 18.1 Å². The van der Waals surface area contributed by atoms with Crippen LogP contribution in [0.15, 0.2) is 23.2 Å². The van der Waals surface area contributed by atoms with E-state index in [2.05, 4.69) is 14.8 Å². The second kappa shape index (κ2) is 7.22. The Kier molecular flexibility index (Phi) is 5.17. The Labute approximate surface area is 155 Å². The van der Waals surface area contributed by atoms with Gasteiger partial charge >= 0.3 is 0 Å². The van der Waals surface area contributed by atoms with Gasteiger partial charge in [0.15, 0.2) is 5.03 Å². The van der Waals surface area contributed by atoms with Crippen molar-refractivity contribution in [2.45, 2.75) is 31.8 Å². The predicted octanol–water partition coefficient (Wildman–Crippen LogP) is 2.16. The first kappa shape index (κ1) is 18.6. The zero-order chi connectivity index (χ0) is 18.9. The van der Waals surface area contributed by atoms with Gasteiger partial charge in [-0.15, -0.1) is 0 Å². The van der Waals surface area contributed by atoms with Crippen molar-refractivity contribution in [1.82, 2.24) is 19.3 Å². The number of benzene rings is 1. The van der Waals surface area contributed by atoms with E-state index in [1.165, 1.54) is 23.0 Å². The van der Waals surface area contributed by atoms with Crippen molar-refractivity contribution in [2.24, 2.45) is 0 Å². The maximum absolute atomic E-state index is 12.8. The molecule has 10 heteroatoms. The first-order valence-electron chi connectivity index (χ1n) is 7.95. The number of hydrogen-bond acceptors (Lipinski definition) is 7. The number of fused-ring (bicyclic) bond motifs is 1. The van der Waals surface area contributed by atoms with E-state index in [0.717, 1.165) is 11.4 Å². The summed E-state index contributed by atoms with van der Waals surface area (Å²) in [5.41, 5.74) is 1.11. The van der Waals surface area contributed by atoms with Crippen molar-refractivity contribution in [3.8, 4) is 11.5 Å². The number of sulfonamides is 1. The third-order valence-corrected chi connectivity index (χ3v) is 6.43. The molecule has 140 valence electrons. The van der Waals surface area contributed by atoms with Crippen molar-refractivity contribution in [3.63, 3.8) is 0 Å². The average molecular weight is 396 g/mol. The van der Waals surface area contributed by atoms with Gasteiger partial charge < -0.3 is 9.47 Å². The monoisotopic (exact) mass is 396 g/mol. The molecule has 0 atom stereocenters. The second-order valence-corrected chi connectivity index (χ2v) is 8.27. The van der Waals surface area contributed by atoms with Gasteiger partial charge in [0.05, 0.1) is 19.9 Å². The smallest absolute Gasteiger partial charge is 0.260 e. The second-order valence-electron chi connectivity index (χ2n) is 5.55. The third-order valence-electron chi connectivity index (χ3n) is 3.87. The highest BCUT2D eigenvalue weighted by Gasteiger charge is 2.25. The summed E-state index contributed by atoms with van der Waals surface area (Å²) >= 11 is 1.39. The molecule has 26 heavy (non-hydrogen) atoms. The number of nitrogens with one attached hydrogen (secondary N) is 1. The number of aromatic nitrogens is 3. The molecule has 0 bridgehead atoms. The van der Waals surface area contributed by atoms with Gasteiger partial charge in [-0.2, -0.15) is 9.61 Å². The molecule has 0 unspecified atom stereocenters. The van der Waals surface area contributed by atoms with Gasteiger partial charge in [-0.1, -0.05) is 24.3 Å². The Morgan fingerprint density at radius 3 is 2.69 bits per heavy atom. The molecule has 3 rings (SSSR count). The fraction of sp³-hybridized carbons (Fsp3) is 0.375. The molecule has 3 aromatic rings. The van der Waals surface area contributed by atoms with E-state index in [1.807, 2.05) is 6.92 Å². The Morgan fingerprint density at radius 2 is 2.04 bits per heavy atom. The Hall–Kier alpha value is -2.17. The number of hydrogen-bond donors (Lipinski definition) is 1. The molecule has 0 radical (unpaired) electrons. The highest BCUT2D eigenvalue weighted by Crippen LogP contribution is 2.26. The summed E-state index contributed by atoms with van der Waals surface area (Å²) < 4.78 is 40.2. The molecule has 0 saturated heterocycles. The lowest BCUT2D eigenvalue weighted by Crippen LogP contribution is -2.25. The molecule has 2 aromatic heterocycles. The lowest BCUT2D eigenvalue weighted by Gasteiger charge is -2.11. The number of imidazole rings is 1. The molecule has 0 saturated carbocycles. The normalized spacial score (nSPS) is 11.8. The van der Waals surface area contributed by atoms with Crippen LogP contribution in [0.3, 0.4) is 0 Å². The molecule has 0 amide bonds. The summed E-state index contributed by atoms with van der Waals surface area (Å²) in [6.45, 7) is 3.70. The van der Waals surface area contributed by atoms with Crippen LogP contribution in [0.4, 0.5) is 0 Å². The van der Waals surface area contributed by atoms with Crippen LogP contribution in [0, 0.1) is 6.92 Å². The number of nitrogens with zero attached hydrogens (tertiary/aromatic N) is 3. The minimum Gasteiger partial charge on any atom is -0.497 e. The molecular weight excluding hydrogens is 376 g/mol. The molecule has 0 aliphatic carbocycles. The largest absolute Gasteiger partial charge is 0.497 e. The van der Waals surface area contributed by atoms with E-state index in [4.69, 9.17) is 9.47 Å². The van der Waals surface area contributed by atoms with Gasteiger partial charge in [0.25, 0.3) is 10.0 Å². The summed E-state index contributed by atoms with van der Waals surface area (Å²) in [6.07, 6.45) is 0.725. The highest BCUT2D eigenvalue weighted by molar-refractivity contribution is 7.89. The summed E-state index contributed by atoms with van der Waals surface area (Å²) in [6, 6.07) is 5.22. The fourth-order valence-electron chi connectivity index (χ4n) is 2.56. The van der Waals surface area contributed by atoms with E-state index < -0.39 is 10.0 Å². The van der Waals surface area contributed by atoms with Crippen LogP contribution in [-0.4, -0.2) is 37.2 Å². The lowest BCUT2D eigenvalue weighted by atomic mass is 10.2. The van der Waals surface area contributed by atoms with Crippen molar-refractivity contribution >= 4 is 26.3 Å². The van der Waals surface area contributed by atoms with Crippen LogP contribution >= 0.6 is 11.3 Å². The van der Waals surface area contributed by atoms with Crippen LogP contribution in [0.2, 0.25) is 0 Å². The van der Waals surface area contributed by atoms with Crippen molar-refractivity contribution in [3.05, 3.63) is 34.5 Å². The quantitative estimate of drug-likeness (QED) is 0.658. The van der Waals surface area contributed by atoms with Gasteiger partial charge in [-0.05, 0) is 19.4 Å². The first-order chi connectivity index (χ1) is 12.4. The summed E-state index contributed by atoms with van der Waals surface area (Å²) in [5.74, 6) is 1.18. The average Bonchev–Trinajstić information content (AvgIpc) is 3.15. The van der Waals surface area contributed by atoms with Crippen LogP contribution in [0.25, 0.3) is 4.96 Å². The van der Waals surface area contributed by atoms with E-state index in [9.17, 15) is 8.42 Å². The Morgan fingerprint density at radius 1 is 1.27 bits per heavy atom. The molecule has 0 fully saturated rings. The number of ether oxygens (including phenoxy) is 2. The van der Waals surface area contributed by atoms with Gasteiger partial charge in [0.2, 0.25) is 4.96 Å². The van der Waals surface area contributed by atoms with E-state index in [-0.39, 0.29) is 11.6 Å². The van der Waals surface area contributed by atoms with Crippen LogP contribution in [-0.2, 0) is 23.0 Å². The molecule has 0 aliphatic heterocycles.